The van der Waals surface area contributed by atoms with Crippen molar-refractivity contribution in [3.63, 3.8) is 0 Å². The quantitative estimate of drug-likeness (QED) is 0.164. The Bertz CT molecular complexity index is 3580. The highest BCUT2D eigenvalue weighted by Gasteiger charge is 2.22. The molecule has 0 spiro atoms. The van der Waals surface area contributed by atoms with Crippen LogP contribution in [0, 0.1) is 0 Å². The van der Waals surface area contributed by atoms with Crippen molar-refractivity contribution in [1.82, 2.24) is 0 Å². The molecule has 0 amide bonds. The Balaban J connectivity index is 1.08. The molecule has 12 rings (SSSR count). The number of anilines is 3. The normalized spacial score (nSPS) is 11.8. The first-order valence-electron chi connectivity index (χ1n) is 19.9. The molecule has 0 aliphatic carbocycles. The zero-order chi connectivity index (χ0) is 38.2. The van der Waals surface area contributed by atoms with E-state index in [-0.39, 0.29) is 0 Å². The van der Waals surface area contributed by atoms with E-state index in [1.54, 1.807) is 0 Å². The van der Waals surface area contributed by atoms with Gasteiger partial charge in [-0.15, -0.1) is 0 Å². The van der Waals surface area contributed by atoms with E-state index in [9.17, 15) is 0 Å². The van der Waals surface area contributed by atoms with Crippen LogP contribution in [0.3, 0.4) is 0 Å². The fourth-order valence-corrected chi connectivity index (χ4v) is 9.38. The first-order valence-corrected chi connectivity index (χ1v) is 19.9. The molecule has 0 saturated carbocycles. The van der Waals surface area contributed by atoms with E-state index in [2.05, 4.69) is 217 Å². The molecule has 12 aromatic rings. The summed E-state index contributed by atoms with van der Waals surface area (Å²) in [6, 6.07) is 77.1. The molecule has 0 radical (unpaired) electrons. The molecule has 2 nitrogen and oxygen atoms in total. The average molecular weight is 738 g/mol. The van der Waals surface area contributed by atoms with Gasteiger partial charge in [0.15, 0.2) is 0 Å². The van der Waals surface area contributed by atoms with Gasteiger partial charge in [-0.05, 0) is 96.2 Å². The molecule has 0 aliphatic heterocycles. The first kappa shape index (κ1) is 32.6. The highest BCUT2D eigenvalue weighted by atomic mass is 16.3. The Kier molecular flexibility index (Phi) is 7.26. The van der Waals surface area contributed by atoms with Crippen molar-refractivity contribution in [3.8, 4) is 22.3 Å². The first-order chi connectivity index (χ1) is 28.8. The lowest BCUT2D eigenvalue weighted by Crippen LogP contribution is -2.12. The Labute approximate surface area is 335 Å². The number of furan rings is 1. The fraction of sp³-hybridized carbons (Fsp3) is 0. The van der Waals surface area contributed by atoms with Crippen LogP contribution in [0.25, 0.3) is 98.1 Å². The Morgan fingerprint density at radius 2 is 0.810 bits per heavy atom. The molecule has 1 heterocycles. The number of fused-ring (bicyclic) bond motifs is 11. The van der Waals surface area contributed by atoms with Crippen molar-refractivity contribution in [3.05, 3.63) is 212 Å². The van der Waals surface area contributed by atoms with Crippen LogP contribution in [-0.4, -0.2) is 0 Å². The zero-order valence-electron chi connectivity index (χ0n) is 31.6. The van der Waals surface area contributed by atoms with E-state index in [1.807, 2.05) is 0 Å². The summed E-state index contributed by atoms with van der Waals surface area (Å²) in [6.45, 7) is 0. The second-order valence-electron chi connectivity index (χ2n) is 15.2. The van der Waals surface area contributed by atoms with Gasteiger partial charge in [0.25, 0.3) is 0 Å². The van der Waals surface area contributed by atoms with Crippen LogP contribution < -0.4 is 4.90 Å². The number of hydrogen-bond donors (Lipinski definition) is 0. The van der Waals surface area contributed by atoms with E-state index >= 15 is 0 Å². The van der Waals surface area contributed by atoms with Crippen LogP contribution in [-0.2, 0) is 0 Å². The lowest BCUT2D eigenvalue weighted by Gasteiger charge is -2.29. The van der Waals surface area contributed by atoms with E-state index in [0.29, 0.717) is 0 Å². The van der Waals surface area contributed by atoms with Crippen LogP contribution >= 0.6 is 0 Å². The minimum Gasteiger partial charge on any atom is -0.455 e. The number of rotatable bonds is 5. The molecule has 2 heteroatoms. The van der Waals surface area contributed by atoms with E-state index in [1.165, 1.54) is 59.6 Å². The largest absolute Gasteiger partial charge is 0.455 e. The maximum Gasteiger partial charge on any atom is 0.143 e. The molecule has 0 unspecified atom stereocenters. The Morgan fingerprint density at radius 1 is 0.293 bits per heavy atom. The molecule has 0 bridgehead atoms. The fourth-order valence-electron chi connectivity index (χ4n) is 9.38. The summed E-state index contributed by atoms with van der Waals surface area (Å²) >= 11 is 0. The molecule has 1 aromatic heterocycles. The van der Waals surface area contributed by atoms with Crippen LogP contribution in [0.2, 0.25) is 0 Å². The Morgan fingerprint density at radius 3 is 1.57 bits per heavy atom. The third-order valence-corrected chi connectivity index (χ3v) is 12.0. The van der Waals surface area contributed by atoms with Gasteiger partial charge in [-0.3, -0.25) is 0 Å². The predicted molar refractivity (Wildman–Crippen MR) is 247 cm³/mol. The molecule has 0 aliphatic rings. The molecule has 270 valence electrons. The van der Waals surface area contributed by atoms with Crippen LogP contribution in [0.4, 0.5) is 17.1 Å². The number of benzene rings is 11. The summed E-state index contributed by atoms with van der Waals surface area (Å²) in [6.07, 6.45) is 0. The van der Waals surface area contributed by atoms with Crippen molar-refractivity contribution >= 4 is 92.9 Å². The average Bonchev–Trinajstić information content (AvgIpc) is 3.69. The summed E-state index contributed by atoms with van der Waals surface area (Å²) in [5.74, 6) is 0. The molecule has 0 fully saturated rings. The van der Waals surface area contributed by atoms with Gasteiger partial charge in [0.1, 0.15) is 11.2 Å². The van der Waals surface area contributed by atoms with E-state index in [4.69, 9.17) is 4.42 Å². The van der Waals surface area contributed by atoms with Gasteiger partial charge in [-0.25, -0.2) is 0 Å². The standard InChI is InChI=1S/C56H35NO/c1-4-15-41-36(12-1)28-33-48-45(41)20-9-21-47(48)49-18-7-8-23-52(49)57(53-24-10-22-46-42-16-5-2-13-37(42)29-34-50(46)53)40-31-26-39(27-32-40)43-19-11-25-54-55(43)51-35-30-38-14-3-6-17-44(38)56(51)58-54/h1-35H. The third-order valence-electron chi connectivity index (χ3n) is 12.0. The lowest BCUT2D eigenvalue weighted by atomic mass is 9.93. The maximum atomic E-state index is 6.58. The van der Waals surface area contributed by atoms with Crippen molar-refractivity contribution in [2.75, 3.05) is 4.90 Å². The maximum absolute atomic E-state index is 6.58. The van der Waals surface area contributed by atoms with Gasteiger partial charge in [0.05, 0.1) is 11.4 Å². The summed E-state index contributed by atoms with van der Waals surface area (Å²) in [5.41, 5.74) is 9.84. The third kappa shape index (κ3) is 4.99. The summed E-state index contributed by atoms with van der Waals surface area (Å²) in [5, 5.41) is 14.5. The van der Waals surface area contributed by atoms with Crippen molar-refractivity contribution in [1.29, 1.82) is 0 Å². The summed E-state index contributed by atoms with van der Waals surface area (Å²) in [4.78, 5) is 2.45. The molecule has 0 N–H and O–H groups in total. The van der Waals surface area contributed by atoms with Crippen LogP contribution in [0.5, 0.6) is 0 Å². The molecule has 11 aromatic carbocycles. The van der Waals surface area contributed by atoms with E-state index in [0.717, 1.165) is 55.5 Å². The van der Waals surface area contributed by atoms with Crippen LogP contribution in [0.15, 0.2) is 217 Å². The van der Waals surface area contributed by atoms with Crippen molar-refractivity contribution < 1.29 is 4.42 Å². The number of hydrogen-bond acceptors (Lipinski definition) is 2. The van der Waals surface area contributed by atoms with Gasteiger partial charge in [-0.2, -0.15) is 0 Å². The van der Waals surface area contributed by atoms with E-state index < -0.39 is 0 Å². The second kappa shape index (κ2) is 12.9. The Hall–Kier alpha value is -7.68. The molecular formula is C56H35NO. The second-order valence-corrected chi connectivity index (χ2v) is 15.2. The highest BCUT2D eigenvalue weighted by molar-refractivity contribution is 6.19. The highest BCUT2D eigenvalue weighted by Crippen LogP contribution is 2.47. The monoisotopic (exact) mass is 737 g/mol. The number of nitrogens with zero attached hydrogens (tertiary/aromatic N) is 1. The molecular weight excluding hydrogens is 703 g/mol. The van der Waals surface area contributed by atoms with Gasteiger partial charge in [0.2, 0.25) is 0 Å². The lowest BCUT2D eigenvalue weighted by molar-refractivity contribution is 0.673. The molecule has 58 heavy (non-hydrogen) atoms. The zero-order valence-corrected chi connectivity index (χ0v) is 31.6. The van der Waals surface area contributed by atoms with Gasteiger partial charge in [-0.1, -0.05) is 176 Å². The predicted octanol–water partition coefficient (Wildman–Crippen LogP) is 16.2. The smallest absolute Gasteiger partial charge is 0.143 e. The summed E-state index contributed by atoms with van der Waals surface area (Å²) < 4.78 is 6.58. The van der Waals surface area contributed by atoms with Crippen LogP contribution in [0.1, 0.15) is 0 Å². The van der Waals surface area contributed by atoms with Crippen molar-refractivity contribution in [2.45, 2.75) is 0 Å². The van der Waals surface area contributed by atoms with Gasteiger partial charge < -0.3 is 9.32 Å². The van der Waals surface area contributed by atoms with Gasteiger partial charge >= 0.3 is 0 Å². The number of para-hydroxylation sites is 1. The SMILES string of the molecule is c1ccc(N(c2ccc(-c3cccc4oc5c6ccccc6ccc5c34)cc2)c2cccc3c2ccc2ccccc23)c(-c2cccc3c2ccc2ccccc23)c1. The summed E-state index contributed by atoms with van der Waals surface area (Å²) in [7, 11) is 0. The molecule has 0 atom stereocenters. The topological polar surface area (TPSA) is 16.4 Å². The minimum atomic E-state index is 0.898. The minimum absolute atomic E-state index is 0.898. The van der Waals surface area contributed by atoms with Crippen molar-refractivity contribution in [2.24, 2.45) is 0 Å². The molecule has 0 saturated heterocycles. The van der Waals surface area contributed by atoms with Gasteiger partial charge in [0, 0.05) is 32.8 Å².